The summed E-state index contributed by atoms with van der Waals surface area (Å²) in [4.78, 5) is 2.77. The van der Waals surface area contributed by atoms with Gasteiger partial charge in [-0.25, -0.2) is 0 Å². The molecule has 0 heterocycles. The van der Waals surface area contributed by atoms with Crippen molar-refractivity contribution in [1.29, 1.82) is 0 Å². The van der Waals surface area contributed by atoms with E-state index < -0.39 is 0 Å². The van der Waals surface area contributed by atoms with Crippen molar-refractivity contribution in [2.45, 2.75) is 143 Å². The zero-order valence-corrected chi connectivity index (χ0v) is 18.5. The number of hydrogen-bond donors (Lipinski definition) is 0. The highest BCUT2D eigenvalue weighted by atomic mass is 15.1. The summed E-state index contributed by atoms with van der Waals surface area (Å²) in [5, 5.41) is 0. The Bertz CT molecular complexity index is 218. The fourth-order valence-electron chi connectivity index (χ4n) is 3.71. The van der Waals surface area contributed by atoms with E-state index in [2.05, 4.69) is 32.6 Å². The summed E-state index contributed by atoms with van der Waals surface area (Å²) in [7, 11) is 0. The molecule has 0 amide bonds. The fourth-order valence-corrected chi connectivity index (χ4v) is 3.71. The maximum absolute atomic E-state index is 2.77. The van der Waals surface area contributed by atoms with Crippen molar-refractivity contribution in [3.05, 3.63) is 0 Å². The molecule has 0 saturated carbocycles. The molecule has 0 N–H and O–H groups in total. The standard InChI is InChI=1S/C24H51N/c1-5-8-10-12-14-16-18-20-22-25(24(4)7-3)23-21-19-17-15-13-11-9-6-2/h24H,5-23H2,1-4H3. The Kier molecular flexibility index (Phi) is 20.2. The second-order valence-corrected chi connectivity index (χ2v) is 8.24. The minimum atomic E-state index is 0.772. The Labute approximate surface area is 161 Å². The molecule has 0 fully saturated rings. The predicted octanol–water partition coefficient (Wildman–Crippen LogP) is 8.37. The first kappa shape index (κ1) is 25.0. The van der Waals surface area contributed by atoms with E-state index in [1.807, 2.05) is 0 Å². The molecule has 0 aliphatic carbocycles. The lowest BCUT2D eigenvalue weighted by molar-refractivity contribution is 0.195. The number of unbranched alkanes of at least 4 members (excludes halogenated alkanes) is 14. The molecule has 0 spiro atoms. The largest absolute Gasteiger partial charge is 0.301 e. The second kappa shape index (κ2) is 20.3. The van der Waals surface area contributed by atoms with E-state index in [0.717, 1.165) is 6.04 Å². The van der Waals surface area contributed by atoms with E-state index in [-0.39, 0.29) is 0 Å². The average Bonchev–Trinajstić information content (AvgIpc) is 2.63. The Hall–Kier alpha value is -0.0400. The van der Waals surface area contributed by atoms with Crippen LogP contribution in [0.1, 0.15) is 137 Å². The summed E-state index contributed by atoms with van der Waals surface area (Å²) in [5.74, 6) is 0. The van der Waals surface area contributed by atoms with Gasteiger partial charge in [-0.2, -0.15) is 0 Å². The van der Waals surface area contributed by atoms with Crippen molar-refractivity contribution in [1.82, 2.24) is 4.90 Å². The summed E-state index contributed by atoms with van der Waals surface area (Å²) in [6, 6.07) is 0.772. The van der Waals surface area contributed by atoms with E-state index in [4.69, 9.17) is 0 Å². The molecular formula is C24H51N. The highest BCUT2D eigenvalue weighted by Crippen LogP contribution is 2.13. The molecule has 0 aliphatic heterocycles. The molecule has 1 unspecified atom stereocenters. The van der Waals surface area contributed by atoms with Gasteiger partial charge in [0.1, 0.15) is 0 Å². The van der Waals surface area contributed by atoms with E-state index in [9.17, 15) is 0 Å². The maximum atomic E-state index is 2.77. The van der Waals surface area contributed by atoms with Crippen molar-refractivity contribution in [3.8, 4) is 0 Å². The smallest absolute Gasteiger partial charge is 0.00643 e. The number of rotatable bonds is 20. The Morgan fingerprint density at radius 2 is 0.800 bits per heavy atom. The third-order valence-corrected chi connectivity index (χ3v) is 5.81. The van der Waals surface area contributed by atoms with Gasteiger partial charge in [-0.3, -0.25) is 0 Å². The Morgan fingerprint density at radius 1 is 0.480 bits per heavy atom. The van der Waals surface area contributed by atoms with E-state index in [1.54, 1.807) is 0 Å². The molecule has 0 aromatic heterocycles. The highest BCUT2D eigenvalue weighted by molar-refractivity contribution is 4.66. The second-order valence-electron chi connectivity index (χ2n) is 8.24. The van der Waals surface area contributed by atoms with Crippen LogP contribution in [0.15, 0.2) is 0 Å². The number of nitrogens with zero attached hydrogens (tertiary/aromatic N) is 1. The molecule has 25 heavy (non-hydrogen) atoms. The van der Waals surface area contributed by atoms with Crippen LogP contribution in [-0.4, -0.2) is 24.0 Å². The van der Waals surface area contributed by atoms with Gasteiger partial charge in [-0.15, -0.1) is 0 Å². The van der Waals surface area contributed by atoms with Crippen LogP contribution < -0.4 is 0 Å². The molecule has 0 aromatic carbocycles. The summed E-state index contributed by atoms with van der Waals surface area (Å²) < 4.78 is 0. The van der Waals surface area contributed by atoms with Gasteiger partial charge in [-0.1, -0.05) is 111 Å². The number of hydrogen-bond acceptors (Lipinski definition) is 1. The molecule has 1 atom stereocenters. The molecule has 152 valence electrons. The van der Waals surface area contributed by atoms with Gasteiger partial charge >= 0.3 is 0 Å². The molecule has 0 radical (unpaired) electrons. The molecule has 0 bridgehead atoms. The first-order valence-corrected chi connectivity index (χ1v) is 12.0. The molecule has 0 aromatic rings. The van der Waals surface area contributed by atoms with Crippen LogP contribution in [0, 0.1) is 0 Å². The first-order chi connectivity index (χ1) is 12.3. The predicted molar refractivity (Wildman–Crippen MR) is 117 cm³/mol. The molecule has 0 rings (SSSR count). The van der Waals surface area contributed by atoms with Crippen LogP contribution in [0.25, 0.3) is 0 Å². The lowest BCUT2D eigenvalue weighted by atomic mass is 10.1. The van der Waals surface area contributed by atoms with Gasteiger partial charge in [0.05, 0.1) is 0 Å². The quantitative estimate of drug-likeness (QED) is 0.199. The highest BCUT2D eigenvalue weighted by Gasteiger charge is 2.11. The molecular weight excluding hydrogens is 302 g/mol. The van der Waals surface area contributed by atoms with Gasteiger partial charge in [0.2, 0.25) is 0 Å². The summed E-state index contributed by atoms with van der Waals surface area (Å²) in [5.41, 5.74) is 0. The SMILES string of the molecule is CCCCCCCCCCN(CCCCCCCCCC)C(C)CC. The van der Waals surface area contributed by atoms with Crippen LogP contribution in [0.3, 0.4) is 0 Å². The van der Waals surface area contributed by atoms with E-state index in [1.165, 1.54) is 122 Å². The van der Waals surface area contributed by atoms with Crippen LogP contribution in [0.4, 0.5) is 0 Å². The van der Waals surface area contributed by atoms with Crippen molar-refractivity contribution in [3.63, 3.8) is 0 Å². The zero-order valence-electron chi connectivity index (χ0n) is 18.5. The minimum Gasteiger partial charge on any atom is -0.301 e. The summed E-state index contributed by atoms with van der Waals surface area (Å²) in [6.45, 7) is 12.0. The van der Waals surface area contributed by atoms with Crippen LogP contribution in [0.5, 0.6) is 0 Å². The van der Waals surface area contributed by atoms with Gasteiger partial charge in [0, 0.05) is 6.04 Å². The van der Waals surface area contributed by atoms with Crippen molar-refractivity contribution in [2.75, 3.05) is 13.1 Å². The lowest BCUT2D eigenvalue weighted by Crippen LogP contribution is -2.34. The molecule has 1 heteroatoms. The van der Waals surface area contributed by atoms with Crippen molar-refractivity contribution < 1.29 is 0 Å². The molecule has 0 aliphatic rings. The van der Waals surface area contributed by atoms with Gasteiger partial charge in [0.25, 0.3) is 0 Å². The third kappa shape index (κ3) is 17.1. The monoisotopic (exact) mass is 353 g/mol. The normalized spacial score (nSPS) is 12.8. The van der Waals surface area contributed by atoms with Gasteiger partial charge < -0.3 is 4.90 Å². The topological polar surface area (TPSA) is 3.24 Å². The van der Waals surface area contributed by atoms with E-state index in [0.29, 0.717) is 0 Å². The average molecular weight is 354 g/mol. The maximum Gasteiger partial charge on any atom is 0.00643 e. The van der Waals surface area contributed by atoms with E-state index >= 15 is 0 Å². The van der Waals surface area contributed by atoms with Gasteiger partial charge in [0.15, 0.2) is 0 Å². The van der Waals surface area contributed by atoms with Crippen LogP contribution in [-0.2, 0) is 0 Å². The third-order valence-electron chi connectivity index (χ3n) is 5.81. The van der Waals surface area contributed by atoms with Crippen molar-refractivity contribution >= 4 is 0 Å². The lowest BCUT2D eigenvalue weighted by Gasteiger charge is -2.28. The molecule has 0 saturated heterocycles. The van der Waals surface area contributed by atoms with Gasteiger partial charge in [-0.05, 0) is 39.3 Å². The summed E-state index contributed by atoms with van der Waals surface area (Å²) in [6.07, 6.45) is 24.2. The van der Waals surface area contributed by atoms with Crippen molar-refractivity contribution in [2.24, 2.45) is 0 Å². The van der Waals surface area contributed by atoms with Crippen LogP contribution in [0.2, 0.25) is 0 Å². The molecule has 1 nitrogen and oxygen atoms in total. The minimum absolute atomic E-state index is 0.772. The Balaban J connectivity index is 3.62. The zero-order chi connectivity index (χ0) is 18.6. The summed E-state index contributed by atoms with van der Waals surface area (Å²) >= 11 is 0. The van der Waals surface area contributed by atoms with Crippen LogP contribution >= 0.6 is 0 Å². The first-order valence-electron chi connectivity index (χ1n) is 12.0. The Morgan fingerprint density at radius 3 is 1.12 bits per heavy atom. The fraction of sp³-hybridized carbons (Fsp3) is 1.00.